The molecule has 1 aliphatic rings. The van der Waals surface area contributed by atoms with E-state index in [9.17, 15) is 13.2 Å². The predicted molar refractivity (Wildman–Crippen MR) is 57.2 cm³/mol. The number of hydrogen-bond donors (Lipinski definition) is 1. The molecule has 1 aromatic carbocycles. The van der Waals surface area contributed by atoms with Crippen LogP contribution >= 0.6 is 0 Å². The van der Waals surface area contributed by atoms with Crippen LogP contribution in [0.2, 0.25) is 0 Å². The summed E-state index contributed by atoms with van der Waals surface area (Å²) in [5.74, 6) is 0. The molecule has 0 saturated heterocycles. The van der Waals surface area contributed by atoms with Gasteiger partial charge in [-0.15, -0.1) is 0 Å². The fourth-order valence-corrected chi connectivity index (χ4v) is 1.81. The second-order valence-electron chi connectivity index (χ2n) is 3.83. The van der Waals surface area contributed by atoms with Gasteiger partial charge in [-0.25, -0.2) is 0 Å². The number of benzene rings is 1. The van der Waals surface area contributed by atoms with Crippen molar-refractivity contribution in [3.63, 3.8) is 0 Å². The van der Waals surface area contributed by atoms with E-state index in [1.165, 1.54) is 12.1 Å². The predicted octanol–water partition coefficient (Wildman–Crippen LogP) is 3.84. The first-order chi connectivity index (χ1) is 7.57. The highest BCUT2D eigenvalue weighted by Crippen LogP contribution is 2.35. The molecule has 1 aliphatic carbocycles. The Morgan fingerprint density at radius 3 is 2.31 bits per heavy atom. The third-order valence-corrected chi connectivity index (χ3v) is 2.60. The van der Waals surface area contributed by atoms with Gasteiger partial charge in [0, 0.05) is 11.7 Å². The monoisotopic (exact) mass is 227 g/mol. The van der Waals surface area contributed by atoms with Gasteiger partial charge in [0.25, 0.3) is 0 Å². The van der Waals surface area contributed by atoms with Gasteiger partial charge in [-0.05, 0) is 25.0 Å². The smallest absolute Gasteiger partial charge is 0.381 e. The van der Waals surface area contributed by atoms with Crippen LogP contribution in [-0.2, 0) is 6.18 Å². The van der Waals surface area contributed by atoms with Crippen molar-refractivity contribution >= 4 is 5.69 Å². The van der Waals surface area contributed by atoms with Crippen molar-refractivity contribution < 1.29 is 13.2 Å². The zero-order valence-electron chi connectivity index (χ0n) is 8.59. The summed E-state index contributed by atoms with van der Waals surface area (Å²) >= 11 is 0. The number of anilines is 1. The molecule has 0 unspecified atom stereocenters. The number of halogens is 3. The second-order valence-corrected chi connectivity index (χ2v) is 3.83. The summed E-state index contributed by atoms with van der Waals surface area (Å²) < 4.78 is 38.0. The third-order valence-electron chi connectivity index (χ3n) is 2.60. The molecule has 0 fully saturated rings. The second kappa shape index (κ2) is 4.20. The van der Waals surface area contributed by atoms with E-state index in [4.69, 9.17) is 0 Å². The first-order valence-corrected chi connectivity index (χ1v) is 5.15. The van der Waals surface area contributed by atoms with Crippen molar-refractivity contribution in [2.45, 2.75) is 25.1 Å². The largest absolute Gasteiger partial charge is 0.418 e. The topological polar surface area (TPSA) is 12.0 Å². The first kappa shape index (κ1) is 11.0. The molecule has 0 heterocycles. The van der Waals surface area contributed by atoms with Gasteiger partial charge < -0.3 is 5.32 Å². The van der Waals surface area contributed by atoms with Crippen LogP contribution in [0.4, 0.5) is 18.9 Å². The van der Waals surface area contributed by atoms with Crippen molar-refractivity contribution in [1.82, 2.24) is 0 Å². The molecule has 0 aromatic heterocycles. The van der Waals surface area contributed by atoms with E-state index in [0.29, 0.717) is 0 Å². The summed E-state index contributed by atoms with van der Waals surface area (Å²) in [7, 11) is 0. The van der Waals surface area contributed by atoms with E-state index in [-0.39, 0.29) is 11.7 Å². The van der Waals surface area contributed by atoms with E-state index in [0.717, 1.165) is 18.9 Å². The lowest BCUT2D eigenvalue weighted by molar-refractivity contribution is -0.137. The number of hydrogen-bond acceptors (Lipinski definition) is 1. The fraction of sp³-hybridized carbons (Fsp3) is 0.333. The molecule has 1 N–H and O–H groups in total. The van der Waals surface area contributed by atoms with Crippen LogP contribution in [-0.4, -0.2) is 6.04 Å². The van der Waals surface area contributed by atoms with Gasteiger partial charge in [-0.2, -0.15) is 13.2 Å². The summed E-state index contributed by atoms with van der Waals surface area (Å²) in [4.78, 5) is 0. The van der Waals surface area contributed by atoms with E-state index in [2.05, 4.69) is 5.32 Å². The zero-order valence-corrected chi connectivity index (χ0v) is 8.59. The minimum atomic E-state index is -4.30. The molecule has 0 saturated carbocycles. The maximum atomic E-state index is 12.7. The Labute approximate surface area is 92.0 Å². The lowest BCUT2D eigenvalue weighted by Gasteiger charge is -2.18. The highest BCUT2D eigenvalue weighted by molar-refractivity contribution is 5.53. The minimum absolute atomic E-state index is 0.0866. The average Bonchev–Trinajstić information content (AvgIpc) is 2.70. The molecule has 1 aromatic rings. The molecule has 2 rings (SSSR count). The molecule has 0 aliphatic heterocycles. The van der Waals surface area contributed by atoms with E-state index in [1.807, 2.05) is 12.2 Å². The molecule has 0 radical (unpaired) electrons. The average molecular weight is 227 g/mol. The van der Waals surface area contributed by atoms with E-state index < -0.39 is 11.7 Å². The Kier molecular flexibility index (Phi) is 2.90. The number of nitrogens with one attached hydrogen (secondary N) is 1. The lowest BCUT2D eigenvalue weighted by Crippen LogP contribution is -2.18. The van der Waals surface area contributed by atoms with Crippen molar-refractivity contribution in [3.05, 3.63) is 42.0 Å². The van der Waals surface area contributed by atoms with Crippen molar-refractivity contribution in [2.24, 2.45) is 0 Å². The Balaban J connectivity index is 2.19. The summed E-state index contributed by atoms with van der Waals surface area (Å²) in [5.41, 5.74) is -0.425. The third kappa shape index (κ3) is 2.38. The molecular formula is C12H12F3N. The summed E-state index contributed by atoms with van der Waals surface area (Å²) in [6.45, 7) is 0. The Morgan fingerprint density at radius 1 is 1.06 bits per heavy atom. The van der Waals surface area contributed by atoms with E-state index >= 15 is 0 Å². The van der Waals surface area contributed by atoms with Crippen LogP contribution in [0.15, 0.2) is 36.4 Å². The number of alkyl halides is 3. The quantitative estimate of drug-likeness (QED) is 0.757. The zero-order chi connectivity index (χ0) is 11.6. The van der Waals surface area contributed by atoms with Crippen molar-refractivity contribution in [3.8, 4) is 0 Å². The van der Waals surface area contributed by atoms with Crippen LogP contribution in [0, 0.1) is 0 Å². The van der Waals surface area contributed by atoms with Gasteiger partial charge in [0.15, 0.2) is 0 Å². The highest BCUT2D eigenvalue weighted by atomic mass is 19.4. The Hall–Kier alpha value is -1.45. The minimum Gasteiger partial charge on any atom is -0.381 e. The normalized spacial score (nSPS) is 16.7. The van der Waals surface area contributed by atoms with Gasteiger partial charge in [0.1, 0.15) is 0 Å². The SMILES string of the molecule is FC(F)(F)c1ccccc1NC1CC=CC1. The van der Waals surface area contributed by atoms with Crippen LogP contribution in [0.25, 0.3) is 0 Å². The maximum absolute atomic E-state index is 12.7. The number of rotatable bonds is 2. The molecule has 0 atom stereocenters. The molecule has 86 valence electrons. The van der Waals surface area contributed by atoms with Crippen LogP contribution in [0.5, 0.6) is 0 Å². The molecular weight excluding hydrogens is 215 g/mol. The highest BCUT2D eigenvalue weighted by Gasteiger charge is 2.33. The van der Waals surface area contributed by atoms with Crippen LogP contribution in [0.1, 0.15) is 18.4 Å². The Bertz CT molecular complexity index is 387. The summed E-state index contributed by atoms with van der Waals surface area (Å²) in [6, 6.07) is 5.68. The molecule has 16 heavy (non-hydrogen) atoms. The summed E-state index contributed by atoms with van der Waals surface area (Å²) in [6.07, 6.45) is 1.23. The van der Waals surface area contributed by atoms with Gasteiger partial charge in [-0.3, -0.25) is 0 Å². The van der Waals surface area contributed by atoms with Gasteiger partial charge in [-0.1, -0.05) is 24.3 Å². The van der Waals surface area contributed by atoms with Crippen LogP contribution < -0.4 is 5.32 Å². The van der Waals surface area contributed by atoms with Gasteiger partial charge in [0.05, 0.1) is 5.56 Å². The fourth-order valence-electron chi connectivity index (χ4n) is 1.81. The standard InChI is InChI=1S/C12H12F3N/c13-12(14,15)10-7-3-4-8-11(10)16-9-5-1-2-6-9/h1-4,7-9,16H,5-6H2. The van der Waals surface area contributed by atoms with Crippen molar-refractivity contribution in [2.75, 3.05) is 5.32 Å². The molecule has 0 amide bonds. The van der Waals surface area contributed by atoms with Crippen molar-refractivity contribution in [1.29, 1.82) is 0 Å². The maximum Gasteiger partial charge on any atom is 0.418 e. The van der Waals surface area contributed by atoms with Gasteiger partial charge in [0.2, 0.25) is 0 Å². The lowest BCUT2D eigenvalue weighted by atomic mass is 10.1. The van der Waals surface area contributed by atoms with Gasteiger partial charge >= 0.3 is 6.18 Å². The Morgan fingerprint density at radius 2 is 1.69 bits per heavy atom. The van der Waals surface area contributed by atoms with E-state index in [1.54, 1.807) is 6.07 Å². The summed E-state index contributed by atoms with van der Waals surface area (Å²) in [5, 5.41) is 2.93. The molecule has 1 nitrogen and oxygen atoms in total. The molecule has 0 bridgehead atoms. The number of para-hydroxylation sites is 1. The molecule has 0 spiro atoms. The first-order valence-electron chi connectivity index (χ1n) is 5.15. The van der Waals surface area contributed by atoms with Crippen LogP contribution in [0.3, 0.4) is 0 Å². The molecule has 4 heteroatoms.